The predicted octanol–water partition coefficient (Wildman–Crippen LogP) is 4.25. The minimum atomic E-state index is -0.00965. The van der Waals surface area contributed by atoms with Crippen LogP contribution in [0.1, 0.15) is 43.4 Å². The van der Waals surface area contributed by atoms with Gasteiger partial charge in [0, 0.05) is 51.5 Å². The molecule has 2 aliphatic rings. The van der Waals surface area contributed by atoms with Crippen molar-refractivity contribution in [2.24, 2.45) is 4.99 Å². The second-order valence-electron chi connectivity index (χ2n) is 8.86. The minimum Gasteiger partial charge on any atom is -0.381 e. The van der Waals surface area contributed by atoms with Crippen molar-refractivity contribution >= 4 is 11.5 Å². The highest BCUT2D eigenvalue weighted by molar-refractivity contribution is 5.81. The lowest BCUT2D eigenvalue weighted by Gasteiger charge is -2.41. The van der Waals surface area contributed by atoms with E-state index in [0.29, 0.717) is 0 Å². The number of aliphatic imine (C=N–C) groups is 1. The average molecular weight is 433 g/mol. The molecule has 2 aromatic carbocycles. The maximum Gasteiger partial charge on any atom is 0.194 e. The van der Waals surface area contributed by atoms with Crippen molar-refractivity contribution < 1.29 is 4.74 Å². The second-order valence-corrected chi connectivity index (χ2v) is 8.86. The lowest BCUT2D eigenvalue weighted by Crippen LogP contribution is -2.58. The molecule has 0 amide bonds. The molecule has 1 unspecified atom stereocenters. The molecule has 1 fully saturated rings. The van der Waals surface area contributed by atoms with Gasteiger partial charge in [0.05, 0.1) is 0 Å². The van der Waals surface area contributed by atoms with Crippen molar-refractivity contribution in [2.45, 2.75) is 37.8 Å². The lowest BCUT2D eigenvalue weighted by molar-refractivity contribution is 0.0352. The predicted molar refractivity (Wildman–Crippen MR) is 133 cm³/mol. The molecule has 32 heavy (non-hydrogen) atoms. The molecule has 5 heteroatoms. The summed E-state index contributed by atoms with van der Waals surface area (Å²) < 4.78 is 5.70. The van der Waals surface area contributed by atoms with Gasteiger partial charge in [-0.15, -0.1) is 0 Å². The highest BCUT2D eigenvalue weighted by Gasteiger charge is 2.34. The number of guanidine groups is 1. The number of nitrogens with one attached hydrogen (secondary N) is 2. The summed E-state index contributed by atoms with van der Waals surface area (Å²) in [7, 11) is 1.88. The molecule has 0 saturated carbocycles. The Balaban J connectivity index is 1.39. The molecule has 2 N–H and O–H groups in total. The van der Waals surface area contributed by atoms with E-state index in [1.54, 1.807) is 0 Å². The molecule has 4 rings (SSSR count). The Kier molecular flexibility index (Phi) is 7.61. The fraction of sp³-hybridized carbons (Fsp3) is 0.444. The van der Waals surface area contributed by atoms with Crippen LogP contribution in [0, 0.1) is 0 Å². The molecule has 1 atom stereocenters. The molecular formula is C27H36N4O. The Morgan fingerprint density at radius 1 is 1.06 bits per heavy atom. The van der Waals surface area contributed by atoms with Crippen molar-refractivity contribution in [3.05, 3.63) is 77.9 Å². The van der Waals surface area contributed by atoms with E-state index < -0.39 is 0 Å². The monoisotopic (exact) mass is 432 g/mol. The van der Waals surface area contributed by atoms with Crippen LogP contribution in [0.15, 0.2) is 71.7 Å². The Morgan fingerprint density at radius 2 is 1.75 bits per heavy atom. The first-order valence-corrected chi connectivity index (χ1v) is 11.8. The number of nitrogens with zero attached hydrogens (tertiary/aromatic N) is 2. The third-order valence-corrected chi connectivity index (χ3v) is 6.72. The molecule has 5 nitrogen and oxygen atoms in total. The summed E-state index contributed by atoms with van der Waals surface area (Å²) in [5, 5.41) is 7.62. The molecule has 2 aliphatic heterocycles. The van der Waals surface area contributed by atoms with Gasteiger partial charge >= 0.3 is 0 Å². The van der Waals surface area contributed by atoms with Crippen LogP contribution in [0.5, 0.6) is 0 Å². The Morgan fingerprint density at radius 3 is 2.38 bits per heavy atom. The SMILES string of the molecule is CN=C(NCC1(NC(C)c2ccccc2)CCOCC1)N1CC=C(c2ccccc2)CC1. The van der Waals surface area contributed by atoms with E-state index in [1.807, 2.05) is 7.05 Å². The third kappa shape index (κ3) is 5.59. The zero-order valence-corrected chi connectivity index (χ0v) is 19.4. The third-order valence-electron chi connectivity index (χ3n) is 6.72. The second kappa shape index (κ2) is 10.8. The Hall–Kier alpha value is -2.63. The first kappa shape index (κ1) is 22.6. The normalized spacial score (nSPS) is 19.9. The topological polar surface area (TPSA) is 48.9 Å². The van der Waals surface area contributed by atoms with Gasteiger partial charge in [-0.3, -0.25) is 4.99 Å². The summed E-state index contributed by atoms with van der Waals surface area (Å²) in [6.45, 7) is 6.54. The van der Waals surface area contributed by atoms with Crippen LogP contribution in [-0.2, 0) is 4.74 Å². The molecule has 2 heterocycles. The van der Waals surface area contributed by atoms with Gasteiger partial charge in [0.2, 0.25) is 0 Å². The van der Waals surface area contributed by atoms with E-state index in [-0.39, 0.29) is 11.6 Å². The number of ether oxygens (including phenoxy) is 1. The van der Waals surface area contributed by atoms with Gasteiger partial charge in [0.25, 0.3) is 0 Å². The zero-order chi connectivity index (χ0) is 22.2. The molecule has 0 spiro atoms. The van der Waals surface area contributed by atoms with E-state index >= 15 is 0 Å². The lowest BCUT2D eigenvalue weighted by atomic mass is 9.88. The fourth-order valence-corrected chi connectivity index (χ4v) is 4.78. The molecule has 1 saturated heterocycles. The molecule has 0 aliphatic carbocycles. The molecule has 2 aromatic rings. The van der Waals surface area contributed by atoms with Crippen molar-refractivity contribution in [1.29, 1.82) is 0 Å². The van der Waals surface area contributed by atoms with Gasteiger partial charge in [-0.25, -0.2) is 0 Å². The zero-order valence-electron chi connectivity index (χ0n) is 19.4. The van der Waals surface area contributed by atoms with E-state index in [1.165, 1.54) is 16.7 Å². The van der Waals surface area contributed by atoms with Gasteiger partial charge in [-0.05, 0) is 42.9 Å². The molecule has 0 bridgehead atoms. The van der Waals surface area contributed by atoms with Crippen LogP contribution in [0.4, 0.5) is 0 Å². The van der Waals surface area contributed by atoms with Crippen LogP contribution >= 0.6 is 0 Å². The standard InChI is InChI=1S/C27H36N4O/c1-22(23-9-5-3-6-10-23)30-27(15-19-32-20-16-27)21-29-26(28-2)31-17-13-25(14-18-31)24-11-7-4-8-12-24/h3-13,22,30H,14-21H2,1-2H3,(H,28,29). The van der Waals surface area contributed by atoms with E-state index in [4.69, 9.17) is 4.74 Å². The molecule has 0 radical (unpaired) electrons. The van der Waals surface area contributed by atoms with E-state index in [2.05, 4.69) is 94.2 Å². The van der Waals surface area contributed by atoms with E-state index in [0.717, 1.165) is 58.1 Å². The quantitative estimate of drug-likeness (QED) is 0.529. The largest absolute Gasteiger partial charge is 0.381 e. The molecular weight excluding hydrogens is 396 g/mol. The van der Waals surface area contributed by atoms with Crippen molar-refractivity contribution in [3.63, 3.8) is 0 Å². The Labute approximate surface area is 192 Å². The summed E-state index contributed by atoms with van der Waals surface area (Å²) in [4.78, 5) is 6.95. The molecule has 0 aromatic heterocycles. The van der Waals surface area contributed by atoms with Gasteiger partial charge < -0.3 is 20.3 Å². The van der Waals surface area contributed by atoms with E-state index in [9.17, 15) is 0 Å². The summed E-state index contributed by atoms with van der Waals surface area (Å²) in [5.41, 5.74) is 4.06. The van der Waals surface area contributed by atoms with Gasteiger partial charge in [0.1, 0.15) is 0 Å². The number of hydrogen-bond donors (Lipinski definition) is 2. The first-order chi connectivity index (χ1) is 15.7. The van der Waals surface area contributed by atoms with Crippen LogP contribution < -0.4 is 10.6 Å². The number of hydrogen-bond acceptors (Lipinski definition) is 3. The minimum absolute atomic E-state index is 0.00965. The summed E-state index contributed by atoms with van der Waals surface area (Å²) in [6, 6.07) is 21.7. The summed E-state index contributed by atoms with van der Waals surface area (Å²) in [5.74, 6) is 0.980. The fourth-order valence-electron chi connectivity index (χ4n) is 4.78. The maximum atomic E-state index is 5.70. The van der Waals surface area contributed by atoms with Crippen molar-refractivity contribution in [1.82, 2.24) is 15.5 Å². The van der Waals surface area contributed by atoms with Gasteiger partial charge in [0.15, 0.2) is 5.96 Å². The van der Waals surface area contributed by atoms with Crippen LogP contribution in [0.3, 0.4) is 0 Å². The number of rotatable bonds is 6. The number of benzene rings is 2. The van der Waals surface area contributed by atoms with Crippen molar-refractivity contribution in [2.75, 3.05) is 39.9 Å². The van der Waals surface area contributed by atoms with Gasteiger partial charge in [-0.1, -0.05) is 66.7 Å². The summed E-state index contributed by atoms with van der Waals surface area (Å²) >= 11 is 0. The maximum absolute atomic E-state index is 5.70. The Bertz CT molecular complexity index is 904. The van der Waals surface area contributed by atoms with Crippen LogP contribution in [0.25, 0.3) is 5.57 Å². The highest BCUT2D eigenvalue weighted by Crippen LogP contribution is 2.26. The van der Waals surface area contributed by atoms with Crippen LogP contribution in [-0.4, -0.2) is 56.3 Å². The smallest absolute Gasteiger partial charge is 0.194 e. The summed E-state index contributed by atoms with van der Waals surface area (Å²) in [6.07, 6.45) is 5.36. The molecule has 170 valence electrons. The first-order valence-electron chi connectivity index (χ1n) is 11.8. The average Bonchev–Trinajstić information content (AvgIpc) is 2.86. The van der Waals surface area contributed by atoms with Crippen LogP contribution in [0.2, 0.25) is 0 Å². The van der Waals surface area contributed by atoms with Crippen molar-refractivity contribution in [3.8, 4) is 0 Å². The highest BCUT2D eigenvalue weighted by atomic mass is 16.5. The van der Waals surface area contributed by atoms with Gasteiger partial charge in [-0.2, -0.15) is 0 Å².